The second-order valence-electron chi connectivity index (χ2n) is 5.92. The Balaban J connectivity index is 2.16. The van der Waals surface area contributed by atoms with E-state index < -0.39 is 18.1 Å². The van der Waals surface area contributed by atoms with Crippen molar-refractivity contribution in [2.75, 3.05) is 0 Å². The van der Waals surface area contributed by atoms with Gasteiger partial charge in [-0.25, -0.2) is 0 Å². The van der Waals surface area contributed by atoms with Crippen molar-refractivity contribution in [2.24, 2.45) is 16.9 Å². The normalized spacial score (nSPS) is 35.7. The number of hydrazone groups is 1. The van der Waals surface area contributed by atoms with Crippen molar-refractivity contribution in [3.05, 3.63) is 12.2 Å². The summed E-state index contributed by atoms with van der Waals surface area (Å²) in [5.74, 6) is -0.0940. The van der Waals surface area contributed by atoms with Crippen LogP contribution in [-0.2, 0) is 0 Å². The predicted molar refractivity (Wildman–Crippen MR) is 69.9 cm³/mol. The van der Waals surface area contributed by atoms with E-state index in [2.05, 4.69) is 18.6 Å². The van der Waals surface area contributed by atoms with E-state index in [1.807, 2.05) is 0 Å². The Morgan fingerprint density at radius 1 is 1.26 bits per heavy atom. The van der Waals surface area contributed by atoms with Gasteiger partial charge in [-0.15, -0.1) is 0 Å². The summed E-state index contributed by atoms with van der Waals surface area (Å²) in [4.78, 5) is 0. The highest BCUT2D eigenvalue weighted by Gasteiger charge is 2.52. The third-order valence-corrected chi connectivity index (χ3v) is 4.25. The van der Waals surface area contributed by atoms with Crippen LogP contribution in [0.5, 0.6) is 0 Å². The molecular formula is C14H21F3N2. The second-order valence-corrected chi connectivity index (χ2v) is 5.92. The maximum absolute atomic E-state index is 13.3. The first-order chi connectivity index (χ1) is 8.80. The summed E-state index contributed by atoms with van der Waals surface area (Å²) in [6.45, 7) is 7.47. The standard InChI is InChI=1S/C14H21F3N2/c1-9(2)12-8-18-19(13(12)14(15,16)17)11-6-4-10(3)5-7-11/h8,10-13H,1,4-7H2,2-3H3. The highest BCUT2D eigenvalue weighted by atomic mass is 19.4. The summed E-state index contributed by atoms with van der Waals surface area (Å²) in [7, 11) is 0. The van der Waals surface area contributed by atoms with Gasteiger partial charge < -0.3 is 0 Å². The lowest BCUT2D eigenvalue weighted by Gasteiger charge is -2.38. The van der Waals surface area contributed by atoms with Gasteiger partial charge in [0.2, 0.25) is 0 Å². The van der Waals surface area contributed by atoms with Crippen molar-refractivity contribution in [3.8, 4) is 0 Å². The molecule has 0 aromatic carbocycles. The minimum absolute atomic E-state index is 0.0802. The van der Waals surface area contributed by atoms with Crippen LogP contribution in [-0.4, -0.2) is 29.5 Å². The van der Waals surface area contributed by atoms with Crippen LogP contribution >= 0.6 is 0 Å². The predicted octanol–water partition coefficient (Wildman–Crippen LogP) is 3.99. The van der Waals surface area contributed by atoms with Crippen LogP contribution in [0.25, 0.3) is 0 Å². The summed E-state index contributed by atoms with van der Waals surface area (Å²) in [6.07, 6.45) is 0.724. The van der Waals surface area contributed by atoms with E-state index in [-0.39, 0.29) is 6.04 Å². The molecule has 0 saturated heterocycles. The van der Waals surface area contributed by atoms with E-state index in [4.69, 9.17) is 0 Å². The molecule has 2 atom stereocenters. The topological polar surface area (TPSA) is 15.6 Å². The first-order valence-electron chi connectivity index (χ1n) is 6.85. The molecule has 1 aliphatic carbocycles. The molecular weight excluding hydrogens is 253 g/mol. The van der Waals surface area contributed by atoms with E-state index in [0.717, 1.165) is 25.7 Å². The Labute approximate surface area is 112 Å². The summed E-state index contributed by atoms with van der Waals surface area (Å²) < 4.78 is 39.9. The summed E-state index contributed by atoms with van der Waals surface area (Å²) in [5.41, 5.74) is 0.526. The molecule has 0 spiro atoms. The molecule has 0 N–H and O–H groups in total. The molecule has 0 aromatic rings. The fourth-order valence-electron chi connectivity index (χ4n) is 3.05. The van der Waals surface area contributed by atoms with Crippen LogP contribution in [0.2, 0.25) is 0 Å². The van der Waals surface area contributed by atoms with Gasteiger partial charge >= 0.3 is 6.18 Å². The van der Waals surface area contributed by atoms with Gasteiger partial charge in [0.05, 0.1) is 0 Å². The molecule has 0 bridgehead atoms. The SMILES string of the molecule is C=C(C)C1C=NN(C2CCC(C)CC2)C1C(F)(F)F. The molecule has 1 heterocycles. The van der Waals surface area contributed by atoms with Gasteiger partial charge in [0, 0.05) is 18.2 Å². The monoisotopic (exact) mass is 274 g/mol. The van der Waals surface area contributed by atoms with Gasteiger partial charge in [-0.3, -0.25) is 5.01 Å². The molecule has 0 aromatic heterocycles. The molecule has 2 unspecified atom stereocenters. The minimum Gasteiger partial charge on any atom is -0.281 e. The van der Waals surface area contributed by atoms with Crippen molar-refractivity contribution in [1.82, 2.24) is 5.01 Å². The average Bonchev–Trinajstić information content (AvgIpc) is 2.74. The lowest BCUT2D eigenvalue weighted by molar-refractivity contribution is -0.192. The molecule has 1 saturated carbocycles. The number of nitrogens with zero attached hydrogens (tertiary/aromatic N) is 2. The van der Waals surface area contributed by atoms with Gasteiger partial charge in [0.25, 0.3) is 0 Å². The average molecular weight is 274 g/mol. The zero-order valence-corrected chi connectivity index (χ0v) is 11.5. The Morgan fingerprint density at radius 3 is 2.32 bits per heavy atom. The maximum Gasteiger partial charge on any atom is 0.411 e. The summed E-state index contributed by atoms with van der Waals surface area (Å²) in [5, 5.41) is 5.36. The molecule has 0 amide bonds. The molecule has 5 heteroatoms. The van der Waals surface area contributed by atoms with Gasteiger partial charge in [-0.05, 0) is 38.5 Å². The number of rotatable bonds is 2. The summed E-state index contributed by atoms with van der Waals surface area (Å²) >= 11 is 0. The van der Waals surface area contributed by atoms with Crippen LogP contribution in [0.1, 0.15) is 39.5 Å². The first-order valence-corrected chi connectivity index (χ1v) is 6.85. The fraction of sp³-hybridized carbons (Fsp3) is 0.786. The van der Waals surface area contributed by atoms with E-state index in [0.29, 0.717) is 11.5 Å². The van der Waals surface area contributed by atoms with Crippen LogP contribution in [0.15, 0.2) is 17.3 Å². The highest BCUT2D eigenvalue weighted by molar-refractivity contribution is 5.68. The Bertz CT molecular complexity index is 367. The lowest BCUT2D eigenvalue weighted by atomic mass is 9.85. The quantitative estimate of drug-likeness (QED) is 0.695. The molecule has 2 rings (SSSR count). The van der Waals surface area contributed by atoms with E-state index in [9.17, 15) is 13.2 Å². The highest BCUT2D eigenvalue weighted by Crippen LogP contribution is 2.40. The lowest BCUT2D eigenvalue weighted by Crippen LogP contribution is -2.49. The smallest absolute Gasteiger partial charge is 0.281 e. The second kappa shape index (κ2) is 5.17. The van der Waals surface area contributed by atoms with E-state index >= 15 is 0 Å². The number of halogens is 3. The van der Waals surface area contributed by atoms with Crippen molar-refractivity contribution in [2.45, 2.75) is 57.8 Å². The fourth-order valence-corrected chi connectivity index (χ4v) is 3.05. The van der Waals surface area contributed by atoms with Gasteiger partial charge in [0.15, 0.2) is 6.04 Å². The van der Waals surface area contributed by atoms with Gasteiger partial charge in [-0.2, -0.15) is 18.3 Å². The Morgan fingerprint density at radius 2 is 1.84 bits per heavy atom. The number of hydrogen-bond donors (Lipinski definition) is 0. The molecule has 2 aliphatic rings. The van der Waals surface area contributed by atoms with Crippen molar-refractivity contribution in [3.63, 3.8) is 0 Å². The van der Waals surface area contributed by atoms with E-state index in [1.165, 1.54) is 11.2 Å². The molecule has 1 fully saturated rings. The third kappa shape index (κ3) is 2.95. The molecule has 2 nitrogen and oxygen atoms in total. The van der Waals surface area contributed by atoms with Crippen molar-refractivity contribution >= 4 is 6.21 Å². The van der Waals surface area contributed by atoms with Crippen LogP contribution in [0.3, 0.4) is 0 Å². The van der Waals surface area contributed by atoms with E-state index in [1.54, 1.807) is 6.92 Å². The zero-order chi connectivity index (χ0) is 14.2. The molecule has 0 radical (unpaired) electrons. The largest absolute Gasteiger partial charge is 0.411 e. The molecule has 19 heavy (non-hydrogen) atoms. The summed E-state index contributed by atoms with van der Waals surface area (Å²) in [6, 6.07) is -1.60. The van der Waals surface area contributed by atoms with Gasteiger partial charge in [0.1, 0.15) is 0 Å². The minimum atomic E-state index is -4.26. The van der Waals surface area contributed by atoms with Crippen LogP contribution in [0, 0.1) is 11.8 Å². The molecule has 108 valence electrons. The van der Waals surface area contributed by atoms with Crippen LogP contribution in [0.4, 0.5) is 13.2 Å². The number of hydrogen-bond acceptors (Lipinski definition) is 2. The Hall–Kier alpha value is -1.00. The van der Waals surface area contributed by atoms with Crippen molar-refractivity contribution in [1.29, 1.82) is 0 Å². The number of alkyl halides is 3. The van der Waals surface area contributed by atoms with Crippen LogP contribution < -0.4 is 0 Å². The first kappa shape index (κ1) is 14.4. The molecule has 1 aliphatic heterocycles. The Kier molecular flexibility index (Phi) is 3.92. The maximum atomic E-state index is 13.3. The zero-order valence-electron chi connectivity index (χ0n) is 11.5. The van der Waals surface area contributed by atoms with Crippen molar-refractivity contribution < 1.29 is 13.2 Å². The third-order valence-electron chi connectivity index (χ3n) is 4.25. The van der Waals surface area contributed by atoms with Gasteiger partial charge in [-0.1, -0.05) is 19.1 Å².